The number of ether oxygens (including phenoxy) is 2. The van der Waals surface area contributed by atoms with Crippen molar-refractivity contribution in [3.8, 4) is 0 Å². The summed E-state index contributed by atoms with van der Waals surface area (Å²) in [4.78, 5) is 35.0. The summed E-state index contributed by atoms with van der Waals surface area (Å²) in [6.45, 7) is 7.02. The molecule has 0 spiro atoms. The Morgan fingerprint density at radius 3 is 1.45 bits per heavy atom. The monoisotopic (exact) mass is 291 g/mol. The fraction of sp³-hybridized carbons (Fsp3) is 0.846. The summed E-state index contributed by atoms with van der Waals surface area (Å²) in [5, 5.41) is 2.18. The molecule has 0 rings (SSSR count). The Labute approximate surface area is 119 Å². The highest BCUT2D eigenvalue weighted by molar-refractivity contribution is 5.77. The van der Waals surface area contributed by atoms with E-state index < -0.39 is 0 Å². The third-order valence-electron chi connectivity index (χ3n) is 1.82. The Bertz CT molecular complexity index is 237. The van der Waals surface area contributed by atoms with Crippen LogP contribution in [0, 0.1) is 4.91 Å². The van der Waals surface area contributed by atoms with Crippen LogP contribution in [0.25, 0.3) is 0 Å². The minimum atomic E-state index is -0.333. The molecule has 7 nitrogen and oxygen atoms in total. The Kier molecular flexibility index (Phi) is 17.9. The van der Waals surface area contributed by atoms with Gasteiger partial charge in [-0.05, 0) is 19.3 Å². The van der Waals surface area contributed by atoms with Gasteiger partial charge in [-0.15, -0.1) is 4.91 Å². The molecule has 0 aliphatic carbocycles. The molecule has 0 atom stereocenters. The molecule has 0 unspecified atom stereocenters. The molecule has 0 amide bonds. The highest BCUT2D eigenvalue weighted by Crippen LogP contribution is 1.97. The summed E-state index contributed by atoms with van der Waals surface area (Å²) >= 11 is 0. The standard InChI is InChI=1S/C10H18O4.C3H7NO2/c1-3-7-13-9(11)5-6-10(12)14-8-4-2;1-2-3-6-4-5/h3-8H2,1-2H3;2-3H2,1H3. The average molecular weight is 291 g/mol. The summed E-state index contributed by atoms with van der Waals surface area (Å²) in [6, 6.07) is 0. The molecule has 20 heavy (non-hydrogen) atoms. The van der Waals surface area contributed by atoms with E-state index in [4.69, 9.17) is 14.4 Å². The van der Waals surface area contributed by atoms with Crippen molar-refractivity contribution in [3.63, 3.8) is 0 Å². The molecule has 0 aliphatic rings. The number of carbonyl (C=O) groups excluding carboxylic acids is 2. The Morgan fingerprint density at radius 2 is 1.20 bits per heavy atom. The first-order valence-electron chi connectivity index (χ1n) is 6.88. The molecular weight excluding hydrogens is 266 g/mol. The largest absolute Gasteiger partial charge is 0.466 e. The van der Waals surface area contributed by atoms with Gasteiger partial charge in [0.05, 0.1) is 26.1 Å². The second kappa shape index (κ2) is 17.3. The lowest BCUT2D eigenvalue weighted by molar-refractivity contribution is -0.150. The molecule has 0 aromatic rings. The predicted molar refractivity (Wildman–Crippen MR) is 73.8 cm³/mol. The van der Waals surface area contributed by atoms with Gasteiger partial charge in [-0.2, -0.15) is 0 Å². The average Bonchev–Trinajstić information content (AvgIpc) is 2.47. The first-order chi connectivity index (χ1) is 9.62. The Balaban J connectivity index is 0. The van der Waals surface area contributed by atoms with Gasteiger partial charge in [0.15, 0.2) is 5.34 Å². The zero-order chi connectivity index (χ0) is 15.6. The summed E-state index contributed by atoms with van der Waals surface area (Å²) in [5.74, 6) is -0.666. The van der Waals surface area contributed by atoms with Gasteiger partial charge in [-0.1, -0.05) is 20.8 Å². The maximum Gasteiger partial charge on any atom is 0.306 e. The van der Waals surface area contributed by atoms with Crippen LogP contribution in [0.15, 0.2) is 5.34 Å². The second-order valence-electron chi connectivity index (χ2n) is 3.85. The van der Waals surface area contributed by atoms with E-state index in [1.807, 2.05) is 20.8 Å². The molecule has 0 bridgehead atoms. The highest BCUT2D eigenvalue weighted by Gasteiger charge is 2.07. The van der Waals surface area contributed by atoms with Crippen LogP contribution in [0.5, 0.6) is 0 Å². The summed E-state index contributed by atoms with van der Waals surface area (Å²) in [7, 11) is 0. The third kappa shape index (κ3) is 18.7. The molecule has 0 radical (unpaired) electrons. The molecule has 0 aliphatic heterocycles. The van der Waals surface area contributed by atoms with Gasteiger partial charge in [0.1, 0.15) is 6.61 Å². The third-order valence-corrected chi connectivity index (χ3v) is 1.82. The predicted octanol–water partition coefficient (Wildman–Crippen LogP) is 2.77. The lowest BCUT2D eigenvalue weighted by Gasteiger charge is -2.03. The van der Waals surface area contributed by atoms with E-state index in [1.165, 1.54) is 0 Å². The number of esters is 2. The molecule has 0 aromatic carbocycles. The molecule has 0 N–H and O–H groups in total. The van der Waals surface area contributed by atoms with Crippen molar-refractivity contribution >= 4 is 11.9 Å². The van der Waals surface area contributed by atoms with Crippen molar-refractivity contribution in [3.05, 3.63) is 4.91 Å². The molecule has 7 heteroatoms. The van der Waals surface area contributed by atoms with Gasteiger partial charge in [-0.3, -0.25) is 9.59 Å². The van der Waals surface area contributed by atoms with Crippen LogP contribution in [-0.2, 0) is 23.9 Å². The topological polar surface area (TPSA) is 91.3 Å². The summed E-state index contributed by atoms with van der Waals surface area (Å²) < 4.78 is 9.60. The Morgan fingerprint density at radius 1 is 0.800 bits per heavy atom. The van der Waals surface area contributed by atoms with Crippen LogP contribution in [-0.4, -0.2) is 31.8 Å². The van der Waals surface area contributed by atoms with Crippen molar-refractivity contribution in [2.24, 2.45) is 5.34 Å². The smallest absolute Gasteiger partial charge is 0.306 e. The lowest BCUT2D eigenvalue weighted by Crippen LogP contribution is -2.10. The number of rotatable bonds is 10. The van der Waals surface area contributed by atoms with Crippen molar-refractivity contribution in [1.29, 1.82) is 0 Å². The van der Waals surface area contributed by atoms with E-state index in [-0.39, 0.29) is 24.8 Å². The van der Waals surface area contributed by atoms with Gasteiger partial charge >= 0.3 is 11.9 Å². The molecule has 118 valence electrons. The van der Waals surface area contributed by atoms with Crippen LogP contribution < -0.4 is 0 Å². The number of carbonyl (C=O) groups is 2. The maximum atomic E-state index is 11.0. The molecule has 0 aromatic heterocycles. The van der Waals surface area contributed by atoms with E-state index in [0.717, 1.165) is 19.3 Å². The van der Waals surface area contributed by atoms with Crippen LogP contribution in [0.3, 0.4) is 0 Å². The van der Waals surface area contributed by atoms with Crippen molar-refractivity contribution in [2.75, 3.05) is 19.8 Å². The molecule has 0 saturated carbocycles. The van der Waals surface area contributed by atoms with E-state index >= 15 is 0 Å². The minimum Gasteiger partial charge on any atom is -0.466 e. The van der Waals surface area contributed by atoms with Crippen LogP contribution in [0.2, 0.25) is 0 Å². The lowest BCUT2D eigenvalue weighted by atomic mass is 10.3. The van der Waals surface area contributed by atoms with E-state index in [1.54, 1.807) is 0 Å². The maximum absolute atomic E-state index is 11.0. The molecule has 0 fully saturated rings. The molecule has 0 heterocycles. The normalized spacial score (nSPS) is 8.95. The van der Waals surface area contributed by atoms with Crippen LogP contribution in [0.4, 0.5) is 0 Å². The van der Waals surface area contributed by atoms with E-state index in [9.17, 15) is 9.59 Å². The zero-order valence-electron chi connectivity index (χ0n) is 12.6. The highest BCUT2D eigenvalue weighted by atomic mass is 16.7. The second-order valence-corrected chi connectivity index (χ2v) is 3.85. The van der Waals surface area contributed by atoms with Crippen LogP contribution in [0.1, 0.15) is 52.9 Å². The van der Waals surface area contributed by atoms with Gasteiger partial charge in [0, 0.05) is 0 Å². The van der Waals surface area contributed by atoms with Gasteiger partial charge in [0.2, 0.25) is 0 Å². The number of hydrogen-bond donors (Lipinski definition) is 0. The minimum absolute atomic E-state index is 0.114. The first kappa shape index (κ1) is 20.7. The van der Waals surface area contributed by atoms with Crippen molar-refractivity contribution in [2.45, 2.75) is 52.9 Å². The number of nitrogens with zero attached hydrogens (tertiary/aromatic N) is 1. The SMILES string of the molecule is CCCOC(=O)CCC(=O)OCCC.CCCON=O. The van der Waals surface area contributed by atoms with E-state index in [2.05, 4.69) is 10.2 Å². The molecule has 0 saturated heterocycles. The van der Waals surface area contributed by atoms with E-state index in [0.29, 0.717) is 19.8 Å². The quantitative estimate of drug-likeness (QED) is 0.266. The zero-order valence-corrected chi connectivity index (χ0v) is 12.6. The van der Waals surface area contributed by atoms with Crippen molar-refractivity contribution < 1.29 is 23.9 Å². The van der Waals surface area contributed by atoms with Gasteiger partial charge in [0.25, 0.3) is 0 Å². The van der Waals surface area contributed by atoms with Gasteiger partial charge in [-0.25, -0.2) is 0 Å². The first-order valence-corrected chi connectivity index (χ1v) is 6.88. The molecular formula is C13H25NO6. The van der Waals surface area contributed by atoms with Gasteiger partial charge < -0.3 is 14.3 Å². The fourth-order valence-corrected chi connectivity index (χ4v) is 0.909. The fourth-order valence-electron chi connectivity index (χ4n) is 0.909. The van der Waals surface area contributed by atoms with Crippen molar-refractivity contribution in [1.82, 2.24) is 0 Å². The summed E-state index contributed by atoms with van der Waals surface area (Å²) in [6.07, 6.45) is 2.66. The Hall–Kier alpha value is -1.66. The van der Waals surface area contributed by atoms with Crippen LogP contribution >= 0.6 is 0 Å². The summed E-state index contributed by atoms with van der Waals surface area (Å²) in [5.41, 5.74) is 0. The number of hydrogen-bond acceptors (Lipinski definition) is 7.